The Morgan fingerprint density at radius 3 is 2.48 bits per heavy atom. The van der Waals surface area contributed by atoms with Gasteiger partial charge in [-0.25, -0.2) is 14.6 Å². The summed E-state index contributed by atoms with van der Waals surface area (Å²) in [7, 11) is 0. The summed E-state index contributed by atoms with van der Waals surface area (Å²) in [6.07, 6.45) is 6.58. The number of hydrogen-bond acceptors (Lipinski definition) is 4. The summed E-state index contributed by atoms with van der Waals surface area (Å²) in [5, 5.41) is 20.7. The van der Waals surface area contributed by atoms with Crippen LogP contribution in [0.5, 0.6) is 0 Å². The van der Waals surface area contributed by atoms with Crippen LogP contribution in [0.4, 0.5) is 0 Å². The number of carboxylic acid groups (broad SMARTS) is 2. The van der Waals surface area contributed by atoms with E-state index in [1.807, 2.05) is 22.1 Å². The molecular weight excluding hydrogens is 423 g/mol. The zero-order valence-corrected chi connectivity index (χ0v) is 17.6. The molecule has 31 heavy (non-hydrogen) atoms. The van der Waals surface area contributed by atoms with E-state index >= 15 is 0 Å². The second-order valence-corrected chi connectivity index (χ2v) is 8.05. The Balaban J connectivity index is 0.00000341. The van der Waals surface area contributed by atoms with Crippen molar-refractivity contribution in [3.8, 4) is 0 Å². The number of rotatable bonds is 10. The van der Waals surface area contributed by atoms with E-state index in [-0.39, 0.29) is 35.1 Å². The molecule has 0 unspecified atom stereocenters. The van der Waals surface area contributed by atoms with E-state index in [4.69, 9.17) is 5.11 Å². The summed E-state index contributed by atoms with van der Waals surface area (Å²) in [4.78, 5) is 28.5. The number of benzene rings is 1. The molecule has 0 radical (unpaired) electrons. The fraction of sp³-hybridized carbons (Fsp3) is 0.261. The first kappa shape index (κ1) is 25.1. The first-order valence-corrected chi connectivity index (χ1v) is 10.7. The van der Waals surface area contributed by atoms with Crippen LogP contribution in [0.25, 0.3) is 6.08 Å². The molecule has 158 valence electrons. The van der Waals surface area contributed by atoms with Crippen LogP contribution in [-0.2, 0) is 24.2 Å². The Labute approximate surface area is 207 Å². The van der Waals surface area contributed by atoms with Gasteiger partial charge in [-0.3, -0.25) is 0 Å². The molecule has 1 aromatic carbocycles. The molecule has 6 nitrogen and oxygen atoms in total. The van der Waals surface area contributed by atoms with Gasteiger partial charge in [-0.15, -0.1) is 11.3 Å². The fourth-order valence-corrected chi connectivity index (χ4v) is 3.89. The molecule has 0 saturated carbocycles. The molecule has 3 aromatic rings. The normalized spacial score (nSPS) is 11.2. The zero-order chi connectivity index (χ0) is 21.5. The van der Waals surface area contributed by atoms with Crippen LogP contribution in [0.2, 0.25) is 0 Å². The molecular formula is C23H25N2NaO4S. The molecule has 0 aliphatic heterocycles. The van der Waals surface area contributed by atoms with E-state index in [9.17, 15) is 14.7 Å². The quantitative estimate of drug-likeness (QED) is 0.360. The van der Waals surface area contributed by atoms with Gasteiger partial charge in [0.05, 0.1) is 17.5 Å². The van der Waals surface area contributed by atoms with Gasteiger partial charge in [0, 0.05) is 29.8 Å². The van der Waals surface area contributed by atoms with Crippen LogP contribution in [0.15, 0.2) is 53.5 Å². The van der Waals surface area contributed by atoms with Crippen LogP contribution in [-0.4, -0.2) is 61.3 Å². The first-order chi connectivity index (χ1) is 14.5. The van der Waals surface area contributed by atoms with E-state index in [2.05, 4.69) is 11.9 Å². The van der Waals surface area contributed by atoms with E-state index in [1.54, 1.807) is 36.5 Å². The SMILES string of the molecule is CCCCc1ncc(/C=C(\Cc2cccs2)C(=O)O)n1Cc1ccc(C(=O)O)cc1.[NaH]. The Hall–Kier alpha value is -2.19. The van der Waals surface area contributed by atoms with Crippen molar-refractivity contribution >= 4 is 58.9 Å². The standard InChI is InChI=1S/C23H24N2O4S.Na.H/c1-2-3-6-21-24-14-19(12-18(23(28)29)13-20-5-4-11-30-20)25(21)15-16-7-9-17(10-8-16)22(26)27;;/h4-5,7-12,14H,2-3,6,13,15H2,1H3,(H,26,27)(H,28,29);;/b18-12+;;. The Bertz CT molecular complexity index is 1040. The average Bonchev–Trinajstić information content (AvgIpc) is 3.37. The van der Waals surface area contributed by atoms with Crippen molar-refractivity contribution < 1.29 is 19.8 Å². The fourth-order valence-electron chi connectivity index (χ4n) is 3.16. The van der Waals surface area contributed by atoms with Crippen LogP contribution >= 0.6 is 11.3 Å². The van der Waals surface area contributed by atoms with Gasteiger partial charge < -0.3 is 14.8 Å². The molecule has 0 amide bonds. The maximum absolute atomic E-state index is 11.8. The van der Waals surface area contributed by atoms with Gasteiger partial charge in [-0.2, -0.15) is 0 Å². The second kappa shape index (κ2) is 12.0. The Morgan fingerprint density at radius 1 is 1.16 bits per heavy atom. The molecule has 0 atom stereocenters. The van der Waals surface area contributed by atoms with E-state index in [0.717, 1.165) is 41.2 Å². The summed E-state index contributed by atoms with van der Waals surface area (Å²) in [5.74, 6) is -1.01. The van der Waals surface area contributed by atoms with Gasteiger partial charge in [-0.05, 0) is 41.6 Å². The number of hydrogen-bond donors (Lipinski definition) is 2. The molecule has 2 aromatic heterocycles. The molecule has 3 rings (SSSR count). The van der Waals surface area contributed by atoms with Gasteiger partial charge in [-0.1, -0.05) is 31.5 Å². The number of thiophene rings is 1. The monoisotopic (exact) mass is 448 g/mol. The average molecular weight is 449 g/mol. The second-order valence-electron chi connectivity index (χ2n) is 7.02. The van der Waals surface area contributed by atoms with Crippen molar-refractivity contribution in [1.82, 2.24) is 9.55 Å². The molecule has 0 saturated heterocycles. The van der Waals surface area contributed by atoms with Crippen molar-refractivity contribution in [2.24, 2.45) is 0 Å². The molecule has 2 heterocycles. The predicted molar refractivity (Wildman–Crippen MR) is 124 cm³/mol. The molecule has 8 heteroatoms. The van der Waals surface area contributed by atoms with Crippen LogP contribution < -0.4 is 0 Å². The first-order valence-electron chi connectivity index (χ1n) is 9.80. The van der Waals surface area contributed by atoms with E-state index in [1.165, 1.54) is 11.3 Å². The molecule has 0 fully saturated rings. The van der Waals surface area contributed by atoms with Crippen molar-refractivity contribution in [1.29, 1.82) is 0 Å². The number of carboxylic acids is 2. The van der Waals surface area contributed by atoms with Crippen LogP contribution in [0.1, 0.15) is 52.1 Å². The van der Waals surface area contributed by atoms with Crippen molar-refractivity contribution in [3.63, 3.8) is 0 Å². The number of aromatic carboxylic acids is 1. The summed E-state index contributed by atoms with van der Waals surface area (Å²) in [6.45, 7) is 2.61. The minimum atomic E-state index is -0.962. The van der Waals surface area contributed by atoms with E-state index < -0.39 is 11.9 Å². The van der Waals surface area contributed by atoms with Gasteiger partial charge in [0.1, 0.15) is 5.82 Å². The Kier molecular flexibility index (Phi) is 9.71. The predicted octanol–water partition coefficient (Wildman–Crippen LogP) is 4.10. The summed E-state index contributed by atoms with van der Waals surface area (Å²) in [5.41, 5.74) is 2.21. The number of aryl methyl sites for hydroxylation is 1. The molecule has 0 aliphatic carbocycles. The summed E-state index contributed by atoms with van der Waals surface area (Å²) >= 11 is 1.53. The number of aliphatic carboxylic acids is 1. The van der Waals surface area contributed by atoms with Crippen LogP contribution in [0.3, 0.4) is 0 Å². The molecule has 0 aliphatic rings. The Morgan fingerprint density at radius 2 is 1.90 bits per heavy atom. The molecule has 0 spiro atoms. The maximum atomic E-state index is 11.8. The third-order valence-corrected chi connectivity index (χ3v) is 5.68. The third kappa shape index (κ3) is 6.90. The van der Waals surface area contributed by atoms with E-state index in [0.29, 0.717) is 18.5 Å². The number of carbonyl (C=O) groups is 2. The van der Waals surface area contributed by atoms with Crippen LogP contribution in [0, 0.1) is 0 Å². The van der Waals surface area contributed by atoms with Gasteiger partial charge in [0.25, 0.3) is 0 Å². The summed E-state index contributed by atoms with van der Waals surface area (Å²) in [6, 6.07) is 10.6. The van der Waals surface area contributed by atoms with Gasteiger partial charge in [0.2, 0.25) is 0 Å². The molecule has 0 bridgehead atoms. The van der Waals surface area contributed by atoms with Crippen molar-refractivity contribution in [2.75, 3.05) is 0 Å². The van der Waals surface area contributed by atoms with Crippen molar-refractivity contribution in [2.45, 2.75) is 39.2 Å². The third-order valence-electron chi connectivity index (χ3n) is 4.81. The zero-order valence-electron chi connectivity index (χ0n) is 16.7. The summed E-state index contributed by atoms with van der Waals surface area (Å²) < 4.78 is 2.02. The topological polar surface area (TPSA) is 92.4 Å². The minimum absolute atomic E-state index is 0. The number of imidazole rings is 1. The van der Waals surface area contributed by atoms with Crippen molar-refractivity contribution in [3.05, 3.63) is 81.1 Å². The number of aromatic nitrogens is 2. The van der Waals surface area contributed by atoms with Gasteiger partial charge >= 0.3 is 41.5 Å². The van der Waals surface area contributed by atoms with Gasteiger partial charge in [0.15, 0.2) is 0 Å². The molecule has 2 N–H and O–H groups in total. The number of nitrogens with zero attached hydrogens (tertiary/aromatic N) is 2. The number of unbranched alkanes of at least 4 members (excludes halogenated alkanes) is 1.